The van der Waals surface area contributed by atoms with Crippen LogP contribution in [0.25, 0.3) is 0 Å². The summed E-state index contributed by atoms with van der Waals surface area (Å²) in [5, 5.41) is 0. The molecule has 0 radical (unpaired) electrons. The molecule has 2 rings (SSSR count). The number of benzene rings is 1. The van der Waals surface area contributed by atoms with Crippen molar-refractivity contribution in [3.63, 3.8) is 0 Å². The second-order valence-electron chi connectivity index (χ2n) is 4.92. The third-order valence-corrected chi connectivity index (χ3v) is 4.47. The maximum atomic E-state index is 5.79. The maximum Gasteiger partial charge on any atom is 0.120 e. The highest BCUT2D eigenvalue weighted by atomic mass is 79.9. The molecule has 19 heavy (non-hydrogen) atoms. The van der Waals surface area contributed by atoms with Crippen LogP contribution in [0.1, 0.15) is 24.8 Å². The minimum atomic E-state index is 0.394. The topological polar surface area (TPSA) is 38.5 Å². The van der Waals surface area contributed by atoms with Gasteiger partial charge in [0.15, 0.2) is 0 Å². The van der Waals surface area contributed by atoms with Gasteiger partial charge in [-0.05, 0) is 67.0 Å². The molecule has 1 saturated heterocycles. The zero-order valence-corrected chi connectivity index (χ0v) is 13.5. The lowest BCUT2D eigenvalue weighted by molar-refractivity contribution is 0.233. The van der Waals surface area contributed by atoms with Crippen molar-refractivity contribution in [3.05, 3.63) is 28.2 Å². The van der Waals surface area contributed by atoms with Gasteiger partial charge in [-0.1, -0.05) is 12.2 Å². The van der Waals surface area contributed by atoms with Crippen LogP contribution in [0, 0.1) is 0 Å². The fourth-order valence-electron chi connectivity index (χ4n) is 2.44. The summed E-state index contributed by atoms with van der Waals surface area (Å²) in [5.41, 5.74) is 6.46. The van der Waals surface area contributed by atoms with E-state index in [1.807, 2.05) is 18.2 Å². The van der Waals surface area contributed by atoms with Gasteiger partial charge in [0, 0.05) is 16.1 Å². The lowest BCUT2D eigenvalue weighted by Crippen LogP contribution is -2.26. The molecule has 1 aliphatic rings. The fourth-order valence-corrected chi connectivity index (χ4v) is 3.32. The standard InChI is InChI=1S/C14H19BrN2OS/c1-17-7-2-3-10(17)6-8-18-11-4-5-12(14(16)19)13(15)9-11/h4-5,9-10H,2-3,6-8H2,1H3,(H2,16,19). The fraction of sp³-hybridized carbons (Fsp3) is 0.500. The van der Waals surface area contributed by atoms with Crippen molar-refractivity contribution in [2.45, 2.75) is 25.3 Å². The van der Waals surface area contributed by atoms with E-state index < -0.39 is 0 Å². The molecule has 1 aromatic rings. The average molecular weight is 343 g/mol. The molecule has 1 aliphatic heterocycles. The number of nitrogens with two attached hydrogens (primary N) is 1. The molecule has 0 aliphatic carbocycles. The normalized spacial score (nSPS) is 19.6. The van der Waals surface area contributed by atoms with Crippen LogP contribution < -0.4 is 10.5 Å². The van der Waals surface area contributed by atoms with Crippen molar-refractivity contribution in [1.82, 2.24) is 4.90 Å². The lowest BCUT2D eigenvalue weighted by Gasteiger charge is -2.19. The summed E-state index contributed by atoms with van der Waals surface area (Å²) < 4.78 is 6.68. The molecule has 0 aromatic heterocycles. The van der Waals surface area contributed by atoms with Gasteiger partial charge in [0.05, 0.1) is 6.61 Å². The first-order valence-corrected chi connectivity index (χ1v) is 7.70. The van der Waals surface area contributed by atoms with Crippen LogP contribution in [0.15, 0.2) is 22.7 Å². The van der Waals surface area contributed by atoms with E-state index in [4.69, 9.17) is 22.7 Å². The van der Waals surface area contributed by atoms with Gasteiger partial charge in [0.2, 0.25) is 0 Å². The molecule has 0 spiro atoms. The average Bonchev–Trinajstić information content (AvgIpc) is 2.75. The van der Waals surface area contributed by atoms with E-state index in [1.54, 1.807) is 0 Å². The Morgan fingerprint density at radius 1 is 1.58 bits per heavy atom. The first-order valence-electron chi connectivity index (χ1n) is 6.50. The van der Waals surface area contributed by atoms with Crippen LogP contribution in [0.4, 0.5) is 0 Å². The highest BCUT2D eigenvalue weighted by molar-refractivity contribution is 9.10. The Balaban J connectivity index is 1.86. The quantitative estimate of drug-likeness (QED) is 0.835. The summed E-state index contributed by atoms with van der Waals surface area (Å²) in [6.07, 6.45) is 3.66. The van der Waals surface area contributed by atoms with Gasteiger partial charge in [-0.15, -0.1) is 0 Å². The maximum absolute atomic E-state index is 5.79. The Bertz CT molecular complexity index is 467. The van der Waals surface area contributed by atoms with E-state index in [9.17, 15) is 0 Å². The second kappa shape index (κ2) is 6.68. The van der Waals surface area contributed by atoms with E-state index in [0.29, 0.717) is 11.0 Å². The van der Waals surface area contributed by atoms with Crippen molar-refractivity contribution in [3.8, 4) is 5.75 Å². The summed E-state index contributed by atoms with van der Waals surface area (Å²) in [4.78, 5) is 2.81. The molecule has 0 saturated carbocycles. The van der Waals surface area contributed by atoms with E-state index in [-0.39, 0.29) is 0 Å². The number of likely N-dealkylation sites (tertiary alicyclic amines) is 1. The minimum Gasteiger partial charge on any atom is -0.493 e. The zero-order chi connectivity index (χ0) is 13.8. The molecule has 1 heterocycles. The molecule has 1 aromatic carbocycles. The van der Waals surface area contributed by atoms with Crippen LogP contribution >= 0.6 is 28.1 Å². The highest BCUT2D eigenvalue weighted by Gasteiger charge is 2.20. The third kappa shape index (κ3) is 3.91. The Morgan fingerprint density at radius 3 is 2.95 bits per heavy atom. The number of hydrogen-bond acceptors (Lipinski definition) is 3. The molecule has 5 heteroatoms. The number of thiocarbonyl (C=S) groups is 1. The Kier molecular flexibility index (Phi) is 5.19. The van der Waals surface area contributed by atoms with Crippen LogP contribution in [0.5, 0.6) is 5.75 Å². The Morgan fingerprint density at radius 2 is 2.37 bits per heavy atom. The minimum absolute atomic E-state index is 0.394. The summed E-state index contributed by atoms with van der Waals surface area (Å²) in [6, 6.07) is 6.40. The van der Waals surface area contributed by atoms with Crippen molar-refractivity contribution in [1.29, 1.82) is 0 Å². The molecule has 1 unspecified atom stereocenters. The van der Waals surface area contributed by atoms with Gasteiger partial charge in [0.1, 0.15) is 10.7 Å². The van der Waals surface area contributed by atoms with E-state index in [0.717, 1.165) is 28.8 Å². The van der Waals surface area contributed by atoms with E-state index in [2.05, 4.69) is 27.9 Å². The largest absolute Gasteiger partial charge is 0.493 e. The molecule has 1 fully saturated rings. The van der Waals surface area contributed by atoms with Gasteiger partial charge in [-0.2, -0.15) is 0 Å². The van der Waals surface area contributed by atoms with Crippen LogP contribution in [0.3, 0.4) is 0 Å². The van der Waals surface area contributed by atoms with Gasteiger partial charge in [-0.3, -0.25) is 0 Å². The van der Waals surface area contributed by atoms with E-state index >= 15 is 0 Å². The number of hydrogen-bond donors (Lipinski definition) is 1. The van der Waals surface area contributed by atoms with Crippen LogP contribution in [-0.4, -0.2) is 36.1 Å². The van der Waals surface area contributed by atoms with E-state index in [1.165, 1.54) is 19.4 Å². The number of halogens is 1. The number of nitrogens with zero attached hydrogens (tertiary/aromatic N) is 1. The molecular formula is C14H19BrN2OS. The van der Waals surface area contributed by atoms with Crippen LogP contribution in [-0.2, 0) is 0 Å². The first kappa shape index (κ1) is 14.8. The summed E-state index contributed by atoms with van der Waals surface area (Å²) in [7, 11) is 2.19. The second-order valence-corrected chi connectivity index (χ2v) is 6.21. The Labute approximate surface area is 128 Å². The molecule has 0 amide bonds. The molecule has 2 N–H and O–H groups in total. The summed E-state index contributed by atoms with van der Waals surface area (Å²) in [5.74, 6) is 0.854. The molecule has 1 atom stereocenters. The van der Waals surface area contributed by atoms with Crippen LogP contribution in [0.2, 0.25) is 0 Å². The summed E-state index contributed by atoms with van der Waals surface area (Å²) in [6.45, 7) is 1.95. The smallest absolute Gasteiger partial charge is 0.120 e. The van der Waals surface area contributed by atoms with Crippen molar-refractivity contribution in [2.75, 3.05) is 20.2 Å². The SMILES string of the molecule is CN1CCCC1CCOc1ccc(C(N)=S)c(Br)c1. The zero-order valence-electron chi connectivity index (χ0n) is 11.1. The molecule has 0 bridgehead atoms. The number of rotatable bonds is 5. The third-order valence-electron chi connectivity index (χ3n) is 3.60. The van der Waals surface area contributed by atoms with Crippen molar-refractivity contribution >= 4 is 33.1 Å². The summed E-state index contributed by atoms with van der Waals surface area (Å²) >= 11 is 8.43. The van der Waals surface area contributed by atoms with Crippen molar-refractivity contribution < 1.29 is 4.74 Å². The molecule has 3 nitrogen and oxygen atoms in total. The Hall–Kier alpha value is -0.650. The monoisotopic (exact) mass is 342 g/mol. The van der Waals surface area contributed by atoms with Gasteiger partial charge < -0.3 is 15.4 Å². The first-order chi connectivity index (χ1) is 9.08. The van der Waals surface area contributed by atoms with Gasteiger partial charge >= 0.3 is 0 Å². The number of ether oxygens (including phenoxy) is 1. The lowest BCUT2D eigenvalue weighted by atomic mass is 10.1. The predicted molar refractivity (Wildman–Crippen MR) is 85.8 cm³/mol. The predicted octanol–water partition coefficient (Wildman–Crippen LogP) is 2.95. The van der Waals surface area contributed by atoms with Gasteiger partial charge in [-0.25, -0.2) is 0 Å². The highest BCUT2D eigenvalue weighted by Crippen LogP contribution is 2.24. The molecular weight excluding hydrogens is 324 g/mol. The van der Waals surface area contributed by atoms with Crippen molar-refractivity contribution in [2.24, 2.45) is 5.73 Å². The van der Waals surface area contributed by atoms with Gasteiger partial charge in [0.25, 0.3) is 0 Å². The molecule has 104 valence electrons.